The molecule has 1 aliphatic heterocycles. The molecular weight excluding hydrogens is 388 g/mol. The van der Waals surface area contributed by atoms with Crippen LogP contribution in [0.3, 0.4) is 0 Å². The number of esters is 2. The first kappa shape index (κ1) is 21.3. The smallest absolute Gasteiger partial charge is 0.355 e. The number of aryl methyl sites for hydroxylation is 1. The maximum atomic E-state index is 12.5. The second kappa shape index (κ2) is 8.14. The zero-order valence-electron chi connectivity index (χ0n) is 17.5. The van der Waals surface area contributed by atoms with Crippen molar-refractivity contribution in [2.45, 2.75) is 46.6 Å². The Morgan fingerprint density at radius 2 is 1.83 bits per heavy atom. The first-order chi connectivity index (χ1) is 14.1. The summed E-state index contributed by atoms with van der Waals surface area (Å²) in [6.07, 6.45) is -0.292. The second-order valence-electron chi connectivity index (χ2n) is 7.59. The highest BCUT2D eigenvalue weighted by Gasteiger charge is 2.28. The maximum absolute atomic E-state index is 12.5. The van der Waals surface area contributed by atoms with Gasteiger partial charge >= 0.3 is 11.9 Å². The molecule has 0 aliphatic carbocycles. The van der Waals surface area contributed by atoms with Crippen LogP contribution in [0.25, 0.3) is 0 Å². The van der Waals surface area contributed by atoms with E-state index in [1.807, 2.05) is 0 Å². The summed E-state index contributed by atoms with van der Waals surface area (Å²) in [5, 5.41) is 2.74. The van der Waals surface area contributed by atoms with Gasteiger partial charge in [0.05, 0.1) is 17.6 Å². The normalized spacial score (nSPS) is 15.0. The Morgan fingerprint density at radius 1 is 1.13 bits per heavy atom. The Morgan fingerprint density at radius 3 is 2.50 bits per heavy atom. The van der Waals surface area contributed by atoms with E-state index in [1.165, 1.54) is 0 Å². The second-order valence-corrected chi connectivity index (χ2v) is 7.59. The standard InChI is InChI=1S/C22H24N2O6/c1-10(2)30-21(27)18-12(4)19(23-13(18)5)22(28)29-9-17(25)14-6-7-16-15(8-14)11(3)20(26)24-16/h6-8,10-11,23H,9H2,1-5H3,(H,24,26)/t11-/m1/s1. The average Bonchev–Trinajstić information content (AvgIpc) is 3.14. The molecule has 8 nitrogen and oxygen atoms in total. The van der Waals surface area contributed by atoms with Gasteiger partial charge in [-0.15, -0.1) is 0 Å². The molecule has 0 saturated heterocycles. The van der Waals surface area contributed by atoms with E-state index in [0.717, 1.165) is 5.56 Å². The third-order valence-electron chi connectivity index (χ3n) is 5.01. The molecule has 2 N–H and O–H groups in total. The molecule has 1 aliphatic rings. The van der Waals surface area contributed by atoms with Gasteiger partial charge in [-0.25, -0.2) is 9.59 Å². The molecule has 30 heavy (non-hydrogen) atoms. The van der Waals surface area contributed by atoms with Crippen molar-refractivity contribution < 1.29 is 28.7 Å². The number of carbonyl (C=O) groups is 4. The third kappa shape index (κ3) is 3.98. The molecule has 2 heterocycles. The molecule has 158 valence electrons. The molecule has 1 amide bonds. The predicted octanol–water partition coefficient (Wildman–Crippen LogP) is 3.29. The van der Waals surface area contributed by atoms with E-state index in [1.54, 1.807) is 52.8 Å². The minimum Gasteiger partial charge on any atom is -0.459 e. The maximum Gasteiger partial charge on any atom is 0.355 e. The van der Waals surface area contributed by atoms with E-state index in [-0.39, 0.29) is 29.2 Å². The minimum absolute atomic E-state index is 0.105. The summed E-state index contributed by atoms with van der Waals surface area (Å²) < 4.78 is 10.4. The fourth-order valence-electron chi connectivity index (χ4n) is 3.41. The number of fused-ring (bicyclic) bond motifs is 1. The molecule has 3 rings (SSSR count). The monoisotopic (exact) mass is 412 g/mol. The number of nitrogens with one attached hydrogen (secondary N) is 2. The van der Waals surface area contributed by atoms with E-state index in [0.29, 0.717) is 22.5 Å². The van der Waals surface area contributed by atoms with Crippen LogP contribution in [0.1, 0.15) is 74.7 Å². The SMILES string of the molecule is Cc1[nH]c(C(=O)OCC(=O)c2ccc3c(c2)[C@@H](C)C(=O)N3)c(C)c1C(=O)OC(C)C. The molecule has 1 aromatic carbocycles. The van der Waals surface area contributed by atoms with Crippen LogP contribution in [0, 0.1) is 13.8 Å². The van der Waals surface area contributed by atoms with Gasteiger partial charge in [0.25, 0.3) is 0 Å². The van der Waals surface area contributed by atoms with E-state index < -0.39 is 24.3 Å². The summed E-state index contributed by atoms with van der Waals surface area (Å²) >= 11 is 0. The molecule has 0 spiro atoms. The summed E-state index contributed by atoms with van der Waals surface area (Å²) in [4.78, 5) is 51.8. The van der Waals surface area contributed by atoms with E-state index in [9.17, 15) is 19.2 Å². The number of H-pyrrole nitrogens is 1. The summed E-state index contributed by atoms with van der Waals surface area (Å²) in [6.45, 7) is 8.05. The number of aromatic amines is 1. The number of Topliss-reactive ketones (excluding diaryl/α,β-unsaturated/α-hetero) is 1. The molecule has 0 radical (unpaired) electrons. The number of benzene rings is 1. The van der Waals surface area contributed by atoms with Crippen LogP contribution in [0.15, 0.2) is 18.2 Å². The molecule has 1 aromatic heterocycles. The fraction of sp³-hybridized carbons (Fsp3) is 0.364. The van der Waals surface area contributed by atoms with Crippen LogP contribution in [0.2, 0.25) is 0 Å². The van der Waals surface area contributed by atoms with Crippen molar-refractivity contribution >= 4 is 29.3 Å². The number of ether oxygens (including phenoxy) is 2. The van der Waals surface area contributed by atoms with Gasteiger partial charge in [0, 0.05) is 16.9 Å². The third-order valence-corrected chi connectivity index (χ3v) is 5.01. The summed E-state index contributed by atoms with van der Waals surface area (Å²) in [5.41, 5.74) is 3.05. The lowest BCUT2D eigenvalue weighted by Crippen LogP contribution is -2.16. The topological polar surface area (TPSA) is 115 Å². The van der Waals surface area contributed by atoms with Crippen molar-refractivity contribution in [3.05, 3.63) is 51.8 Å². The number of amides is 1. The Kier molecular flexibility index (Phi) is 5.78. The van der Waals surface area contributed by atoms with Crippen LogP contribution in [-0.4, -0.2) is 41.3 Å². The van der Waals surface area contributed by atoms with Crippen molar-refractivity contribution in [2.24, 2.45) is 0 Å². The molecule has 0 fully saturated rings. The Labute approximate surface area is 173 Å². The van der Waals surface area contributed by atoms with E-state index >= 15 is 0 Å². The number of hydrogen-bond acceptors (Lipinski definition) is 6. The van der Waals surface area contributed by atoms with Crippen molar-refractivity contribution in [1.82, 2.24) is 4.98 Å². The average molecular weight is 412 g/mol. The van der Waals surface area contributed by atoms with Crippen molar-refractivity contribution in [3.8, 4) is 0 Å². The van der Waals surface area contributed by atoms with Gasteiger partial charge in [-0.1, -0.05) is 0 Å². The molecule has 0 saturated carbocycles. The Hall–Kier alpha value is -3.42. The van der Waals surface area contributed by atoms with Gasteiger partial charge in [-0.05, 0) is 63.9 Å². The summed E-state index contributed by atoms with van der Waals surface area (Å²) in [7, 11) is 0. The van der Waals surface area contributed by atoms with Gasteiger partial charge in [0.1, 0.15) is 5.69 Å². The molecule has 8 heteroatoms. The Balaban J connectivity index is 1.70. The number of rotatable bonds is 6. The number of ketones is 1. The zero-order chi connectivity index (χ0) is 22.2. The van der Waals surface area contributed by atoms with Gasteiger partial charge in [-0.3, -0.25) is 9.59 Å². The Bertz CT molecular complexity index is 1050. The summed E-state index contributed by atoms with van der Waals surface area (Å²) in [5.74, 6) is -2.12. The summed E-state index contributed by atoms with van der Waals surface area (Å²) in [6, 6.07) is 4.88. The number of aromatic nitrogens is 1. The zero-order valence-corrected chi connectivity index (χ0v) is 17.5. The first-order valence-corrected chi connectivity index (χ1v) is 9.65. The van der Waals surface area contributed by atoms with Crippen LogP contribution < -0.4 is 5.32 Å². The van der Waals surface area contributed by atoms with E-state index in [2.05, 4.69) is 10.3 Å². The highest BCUT2D eigenvalue weighted by Crippen LogP contribution is 2.32. The lowest BCUT2D eigenvalue weighted by atomic mass is 9.99. The highest BCUT2D eigenvalue weighted by atomic mass is 16.5. The molecule has 2 aromatic rings. The van der Waals surface area contributed by atoms with Crippen LogP contribution in [0.4, 0.5) is 5.69 Å². The fourth-order valence-corrected chi connectivity index (χ4v) is 3.41. The number of hydrogen-bond donors (Lipinski definition) is 2. The largest absolute Gasteiger partial charge is 0.459 e. The predicted molar refractivity (Wildman–Crippen MR) is 109 cm³/mol. The van der Waals surface area contributed by atoms with Crippen LogP contribution in [0.5, 0.6) is 0 Å². The lowest BCUT2D eigenvalue weighted by Gasteiger charge is -2.08. The minimum atomic E-state index is -0.737. The molecule has 0 unspecified atom stereocenters. The van der Waals surface area contributed by atoms with Gasteiger partial charge in [0.2, 0.25) is 5.91 Å². The van der Waals surface area contributed by atoms with Crippen LogP contribution >= 0.6 is 0 Å². The van der Waals surface area contributed by atoms with Crippen molar-refractivity contribution in [2.75, 3.05) is 11.9 Å². The van der Waals surface area contributed by atoms with Gasteiger partial charge in [0.15, 0.2) is 12.4 Å². The van der Waals surface area contributed by atoms with Gasteiger partial charge < -0.3 is 19.8 Å². The first-order valence-electron chi connectivity index (χ1n) is 9.65. The number of carbonyl (C=O) groups excluding carboxylic acids is 4. The van der Waals surface area contributed by atoms with Gasteiger partial charge in [-0.2, -0.15) is 0 Å². The molecule has 1 atom stereocenters. The lowest BCUT2D eigenvalue weighted by molar-refractivity contribution is -0.116. The van der Waals surface area contributed by atoms with Crippen molar-refractivity contribution in [1.29, 1.82) is 0 Å². The highest BCUT2D eigenvalue weighted by molar-refractivity contribution is 6.05. The van der Waals surface area contributed by atoms with Crippen LogP contribution in [-0.2, 0) is 14.3 Å². The molecular formula is C22H24N2O6. The van der Waals surface area contributed by atoms with Crippen molar-refractivity contribution in [3.63, 3.8) is 0 Å². The quantitative estimate of drug-likeness (QED) is 0.556. The number of anilines is 1. The van der Waals surface area contributed by atoms with E-state index in [4.69, 9.17) is 9.47 Å². The molecule has 0 bridgehead atoms.